The van der Waals surface area contributed by atoms with E-state index in [2.05, 4.69) is 36.7 Å². The number of anilines is 2. The number of esters is 1. The zero-order chi connectivity index (χ0) is 29.9. The second-order valence-corrected chi connectivity index (χ2v) is 14.0. The first-order chi connectivity index (χ1) is 20.0. The number of hydrogen-bond acceptors (Lipinski definition) is 8. The topological polar surface area (TPSA) is 85.4 Å². The molecule has 0 bridgehead atoms. The van der Waals surface area contributed by atoms with Crippen molar-refractivity contribution in [1.82, 2.24) is 0 Å². The summed E-state index contributed by atoms with van der Waals surface area (Å²) in [6, 6.07) is 14.3. The summed E-state index contributed by atoms with van der Waals surface area (Å²) in [6.45, 7) is 6.66. The van der Waals surface area contributed by atoms with Crippen LogP contribution in [-0.2, 0) is 32.0 Å². The quantitative estimate of drug-likeness (QED) is 0.229. The van der Waals surface area contributed by atoms with Crippen molar-refractivity contribution in [2.45, 2.75) is 52.2 Å². The number of carbonyl (C=O) groups is 3. The van der Waals surface area contributed by atoms with Gasteiger partial charge in [0.05, 0.1) is 31.5 Å². The molecule has 42 heavy (non-hydrogen) atoms. The van der Waals surface area contributed by atoms with Gasteiger partial charge in [0.1, 0.15) is 16.7 Å². The van der Waals surface area contributed by atoms with Crippen LogP contribution in [0.25, 0.3) is 0 Å². The van der Waals surface area contributed by atoms with Gasteiger partial charge in [-0.05, 0) is 66.5 Å². The number of carbonyl (C=O) groups excluding carboxylic acids is 3. The Labute approximate surface area is 257 Å². The van der Waals surface area contributed by atoms with Gasteiger partial charge in [-0.1, -0.05) is 54.9 Å². The van der Waals surface area contributed by atoms with E-state index in [1.165, 1.54) is 23.3 Å². The highest BCUT2D eigenvalue weighted by Crippen LogP contribution is 2.52. The molecule has 0 saturated carbocycles. The van der Waals surface area contributed by atoms with Gasteiger partial charge in [0.2, 0.25) is 5.91 Å². The molecule has 10 heteroatoms. The van der Waals surface area contributed by atoms with Gasteiger partial charge in [0.15, 0.2) is 6.10 Å². The number of imide groups is 1. The second-order valence-electron chi connectivity index (χ2n) is 12.0. The van der Waals surface area contributed by atoms with Gasteiger partial charge in [-0.2, -0.15) is 0 Å². The summed E-state index contributed by atoms with van der Waals surface area (Å²) in [5, 5.41) is 1.97. The maximum Gasteiger partial charge on any atom is 0.341 e. The van der Waals surface area contributed by atoms with Gasteiger partial charge in [-0.25, -0.2) is 14.8 Å². The fraction of sp³-hybridized carbons (Fsp3) is 0.406. The molecule has 3 aromatic rings. The summed E-state index contributed by atoms with van der Waals surface area (Å²) in [5.41, 5.74) is 2.72. The van der Waals surface area contributed by atoms with Crippen molar-refractivity contribution in [3.05, 3.63) is 74.6 Å². The molecular weight excluding hydrogens is 620 g/mol. The number of methoxy groups -OCH3 is 2. The number of hydroxylamine groups is 1. The number of nitrogens with zero attached hydrogens (tertiary/aromatic N) is 2. The Morgan fingerprint density at radius 1 is 1.07 bits per heavy atom. The van der Waals surface area contributed by atoms with Gasteiger partial charge in [0.25, 0.3) is 5.91 Å². The highest BCUT2D eigenvalue weighted by molar-refractivity contribution is 9.10. The molecule has 6 rings (SSSR count). The standard InChI is InChI=1S/C32H33BrN2O6S/c1-32(2,3)17-11-13-20-23(15-17)42-30(24(20)31(38)40-5)34-28(36)25-26(21-16-18(33)12-14-22(21)39-4)35(41-27(25)29(34)37)19-9-7-6-8-10-19/h6-10,12,14,16-17,25-27H,11,13,15H2,1-5H3/t17-,25+,26+,27+/m1/s1. The average molecular weight is 654 g/mol. The number of rotatable bonds is 5. The Bertz CT molecular complexity index is 1560. The predicted octanol–water partition coefficient (Wildman–Crippen LogP) is 6.51. The maximum atomic E-state index is 14.4. The first-order valence-electron chi connectivity index (χ1n) is 14.0. The van der Waals surface area contributed by atoms with Gasteiger partial charge < -0.3 is 9.47 Å². The third-order valence-electron chi connectivity index (χ3n) is 8.70. The fourth-order valence-electron chi connectivity index (χ4n) is 6.45. The highest BCUT2D eigenvalue weighted by Gasteiger charge is 2.61. The molecule has 3 aliphatic rings. The lowest BCUT2D eigenvalue weighted by Crippen LogP contribution is -2.37. The van der Waals surface area contributed by atoms with Crippen molar-refractivity contribution >= 4 is 55.7 Å². The van der Waals surface area contributed by atoms with E-state index in [-0.39, 0.29) is 5.41 Å². The lowest BCUT2D eigenvalue weighted by Gasteiger charge is -2.33. The van der Waals surface area contributed by atoms with Gasteiger partial charge in [0, 0.05) is 14.9 Å². The normalized spacial score (nSPS) is 23.7. The van der Waals surface area contributed by atoms with Gasteiger partial charge in [-0.3, -0.25) is 14.4 Å². The Hall–Kier alpha value is -3.21. The summed E-state index contributed by atoms with van der Waals surface area (Å²) >= 11 is 4.91. The van der Waals surface area contributed by atoms with Gasteiger partial charge in [-0.15, -0.1) is 11.3 Å². The van der Waals surface area contributed by atoms with Crippen LogP contribution in [0.4, 0.5) is 10.7 Å². The summed E-state index contributed by atoms with van der Waals surface area (Å²) in [5.74, 6) is -1.31. The monoisotopic (exact) mass is 652 g/mol. The first kappa shape index (κ1) is 28.9. The summed E-state index contributed by atoms with van der Waals surface area (Å²) in [4.78, 5) is 50.3. The van der Waals surface area contributed by atoms with E-state index in [1.807, 2.05) is 48.5 Å². The zero-order valence-corrected chi connectivity index (χ0v) is 26.6. The predicted molar refractivity (Wildman–Crippen MR) is 164 cm³/mol. The molecule has 2 fully saturated rings. The largest absolute Gasteiger partial charge is 0.496 e. The number of fused-ring (bicyclic) bond motifs is 2. The van der Waals surface area contributed by atoms with Crippen molar-refractivity contribution in [1.29, 1.82) is 0 Å². The van der Waals surface area contributed by atoms with Crippen LogP contribution in [0.5, 0.6) is 5.75 Å². The molecule has 0 spiro atoms. The van der Waals surface area contributed by atoms with Crippen molar-refractivity contribution in [3.63, 3.8) is 0 Å². The Kier molecular flexibility index (Phi) is 7.43. The molecule has 2 saturated heterocycles. The number of thiophene rings is 1. The Morgan fingerprint density at radius 3 is 2.48 bits per heavy atom. The van der Waals surface area contributed by atoms with E-state index < -0.39 is 35.8 Å². The zero-order valence-electron chi connectivity index (χ0n) is 24.2. The minimum Gasteiger partial charge on any atom is -0.496 e. The SMILES string of the molecule is COC(=O)c1c(N2C(=O)[C@@H]3[C@H](ON(c4ccccc4)[C@H]3c3cc(Br)ccc3OC)C2=O)sc2c1CC[C@@H](C(C)(C)C)C2. The Balaban J connectivity index is 1.46. The highest BCUT2D eigenvalue weighted by atomic mass is 79.9. The Morgan fingerprint density at radius 2 is 1.81 bits per heavy atom. The number of para-hydroxylation sites is 1. The number of benzene rings is 2. The molecule has 0 N–H and O–H groups in total. The molecule has 2 aliphatic heterocycles. The third kappa shape index (κ3) is 4.64. The minimum absolute atomic E-state index is 0.0918. The number of amides is 2. The van der Waals surface area contributed by atoms with Crippen molar-refractivity contribution < 1.29 is 28.7 Å². The second kappa shape index (κ2) is 10.8. The number of halogens is 1. The lowest BCUT2D eigenvalue weighted by atomic mass is 9.72. The third-order valence-corrected chi connectivity index (χ3v) is 10.4. The number of ether oxygens (including phenoxy) is 2. The molecule has 2 aromatic carbocycles. The van der Waals surface area contributed by atoms with Crippen molar-refractivity contribution in [3.8, 4) is 5.75 Å². The maximum absolute atomic E-state index is 14.4. The minimum atomic E-state index is -1.07. The molecule has 3 heterocycles. The lowest BCUT2D eigenvalue weighted by molar-refractivity contribution is -0.126. The smallest absolute Gasteiger partial charge is 0.341 e. The van der Waals surface area contributed by atoms with E-state index in [0.717, 1.165) is 27.8 Å². The molecule has 8 nitrogen and oxygen atoms in total. The molecule has 220 valence electrons. The summed E-state index contributed by atoms with van der Waals surface area (Å²) in [7, 11) is 2.90. The molecule has 2 amide bonds. The van der Waals surface area contributed by atoms with Crippen LogP contribution < -0.4 is 14.7 Å². The van der Waals surface area contributed by atoms with E-state index in [9.17, 15) is 14.4 Å². The van der Waals surface area contributed by atoms with E-state index in [0.29, 0.717) is 39.9 Å². The summed E-state index contributed by atoms with van der Waals surface area (Å²) in [6.07, 6.45) is 1.33. The molecule has 0 unspecified atom stereocenters. The van der Waals surface area contributed by atoms with Crippen LogP contribution in [0.3, 0.4) is 0 Å². The van der Waals surface area contributed by atoms with Crippen molar-refractivity contribution in [2.75, 3.05) is 24.2 Å². The van der Waals surface area contributed by atoms with Crippen LogP contribution in [0.1, 0.15) is 59.6 Å². The van der Waals surface area contributed by atoms with E-state index >= 15 is 0 Å². The van der Waals surface area contributed by atoms with E-state index in [1.54, 1.807) is 12.2 Å². The van der Waals surface area contributed by atoms with Crippen LogP contribution >= 0.6 is 27.3 Å². The van der Waals surface area contributed by atoms with Crippen LogP contribution in [0.2, 0.25) is 0 Å². The number of hydrogen-bond donors (Lipinski definition) is 0. The molecule has 1 aromatic heterocycles. The van der Waals surface area contributed by atoms with Crippen LogP contribution in [-0.4, -0.2) is 38.1 Å². The molecule has 0 radical (unpaired) electrons. The molecule has 4 atom stereocenters. The van der Waals surface area contributed by atoms with Crippen LogP contribution in [0, 0.1) is 17.3 Å². The fourth-order valence-corrected chi connectivity index (χ4v) is 8.25. The van der Waals surface area contributed by atoms with Gasteiger partial charge >= 0.3 is 5.97 Å². The first-order valence-corrected chi connectivity index (χ1v) is 15.6. The average Bonchev–Trinajstić information content (AvgIpc) is 3.62. The molecular formula is C32H33BrN2O6S. The van der Waals surface area contributed by atoms with Crippen molar-refractivity contribution in [2.24, 2.45) is 17.3 Å². The summed E-state index contributed by atoms with van der Waals surface area (Å²) < 4.78 is 11.7. The van der Waals surface area contributed by atoms with E-state index in [4.69, 9.17) is 14.3 Å². The van der Waals surface area contributed by atoms with Crippen LogP contribution in [0.15, 0.2) is 53.0 Å². The molecule has 1 aliphatic carbocycles.